The van der Waals surface area contributed by atoms with Gasteiger partial charge in [-0.25, -0.2) is 13.2 Å². The summed E-state index contributed by atoms with van der Waals surface area (Å²) in [5.41, 5.74) is -0.0868. The maximum absolute atomic E-state index is 11.3. The normalized spacial score (nSPS) is 11.1. The topological polar surface area (TPSA) is 80.7 Å². The van der Waals surface area contributed by atoms with E-state index in [0.717, 1.165) is 12.3 Å². The van der Waals surface area contributed by atoms with Crippen molar-refractivity contribution in [2.45, 2.75) is 4.90 Å². The first kappa shape index (κ1) is 11.5. The highest BCUT2D eigenvalue weighted by Gasteiger charge is 2.16. The summed E-state index contributed by atoms with van der Waals surface area (Å²) >= 11 is 0. The van der Waals surface area contributed by atoms with Gasteiger partial charge < -0.3 is 9.84 Å². The molecule has 15 heavy (non-hydrogen) atoms. The number of hydrogen-bond donors (Lipinski definition) is 1. The number of aromatic carboxylic acids is 1. The fraction of sp³-hybridized carbons (Fsp3) is 0.222. The van der Waals surface area contributed by atoms with Crippen molar-refractivity contribution in [3.05, 3.63) is 23.8 Å². The van der Waals surface area contributed by atoms with Crippen molar-refractivity contribution in [3.63, 3.8) is 0 Å². The Balaban J connectivity index is 3.46. The molecule has 0 heterocycles. The molecule has 1 aromatic rings. The fourth-order valence-electron chi connectivity index (χ4n) is 1.10. The number of carbonyl (C=O) groups is 1. The molecule has 0 saturated carbocycles. The molecule has 0 aliphatic carbocycles. The predicted octanol–water partition coefficient (Wildman–Crippen LogP) is 0.797. The van der Waals surface area contributed by atoms with Crippen LogP contribution in [0.3, 0.4) is 0 Å². The number of ether oxygens (including phenoxy) is 1. The molecular weight excluding hydrogens is 220 g/mol. The van der Waals surface area contributed by atoms with E-state index in [2.05, 4.69) is 0 Å². The molecular formula is C9H10O5S. The zero-order chi connectivity index (χ0) is 11.6. The SMILES string of the molecule is COc1ccc(C(=O)O)cc1S(C)(=O)=O. The minimum Gasteiger partial charge on any atom is -0.495 e. The van der Waals surface area contributed by atoms with Gasteiger partial charge in [0.25, 0.3) is 0 Å². The van der Waals surface area contributed by atoms with Crippen molar-refractivity contribution in [2.24, 2.45) is 0 Å². The molecule has 0 aliphatic heterocycles. The highest BCUT2D eigenvalue weighted by Crippen LogP contribution is 2.24. The van der Waals surface area contributed by atoms with Gasteiger partial charge in [-0.2, -0.15) is 0 Å². The summed E-state index contributed by atoms with van der Waals surface area (Å²) in [6.45, 7) is 0. The smallest absolute Gasteiger partial charge is 0.335 e. The zero-order valence-electron chi connectivity index (χ0n) is 8.22. The predicted molar refractivity (Wildman–Crippen MR) is 53.1 cm³/mol. The van der Waals surface area contributed by atoms with Crippen LogP contribution in [0.2, 0.25) is 0 Å². The summed E-state index contributed by atoms with van der Waals surface area (Å²) in [7, 11) is -2.17. The second-order valence-electron chi connectivity index (χ2n) is 2.94. The van der Waals surface area contributed by atoms with Crippen molar-refractivity contribution in [1.82, 2.24) is 0 Å². The lowest BCUT2D eigenvalue weighted by Crippen LogP contribution is -2.04. The molecule has 0 aliphatic rings. The lowest BCUT2D eigenvalue weighted by atomic mass is 10.2. The minimum atomic E-state index is -3.49. The van der Waals surface area contributed by atoms with Gasteiger partial charge in [-0.1, -0.05) is 0 Å². The van der Waals surface area contributed by atoms with E-state index in [0.29, 0.717) is 0 Å². The molecule has 0 aromatic heterocycles. The van der Waals surface area contributed by atoms with Gasteiger partial charge in [0.05, 0.1) is 12.7 Å². The van der Waals surface area contributed by atoms with Crippen molar-refractivity contribution in [1.29, 1.82) is 0 Å². The molecule has 0 spiro atoms. The number of rotatable bonds is 3. The standard InChI is InChI=1S/C9H10O5S/c1-14-7-4-3-6(9(10)11)5-8(7)15(2,12)13/h3-5H,1-2H3,(H,10,11). The molecule has 0 saturated heterocycles. The van der Waals surface area contributed by atoms with Crippen LogP contribution in [0.4, 0.5) is 0 Å². The number of hydrogen-bond acceptors (Lipinski definition) is 4. The Morgan fingerprint density at radius 3 is 2.40 bits per heavy atom. The van der Waals surface area contributed by atoms with Crippen LogP contribution in [0, 0.1) is 0 Å². The van der Waals surface area contributed by atoms with Gasteiger partial charge in [0.1, 0.15) is 10.6 Å². The van der Waals surface area contributed by atoms with Crippen LogP contribution in [0.1, 0.15) is 10.4 Å². The van der Waals surface area contributed by atoms with E-state index >= 15 is 0 Å². The molecule has 0 atom stereocenters. The van der Waals surface area contributed by atoms with Crippen molar-refractivity contribution in [3.8, 4) is 5.75 Å². The number of carboxylic acid groups (broad SMARTS) is 1. The quantitative estimate of drug-likeness (QED) is 0.830. The molecule has 0 radical (unpaired) electrons. The average molecular weight is 230 g/mol. The number of benzene rings is 1. The second kappa shape index (κ2) is 3.90. The molecule has 0 bridgehead atoms. The maximum Gasteiger partial charge on any atom is 0.335 e. The van der Waals surface area contributed by atoms with Gasteiger partial charge in [0.15, 0.2) is 9.84 Å². The van der Waals surface area contributed by atoms with E-state index in [4.69, 9.17) is 9.84 Å². The van der Waals surface area contributed by atoms with Crippen LogP contribution in [-0.4, -0.2) is 32.9 Å². The molecule has 0 fully saturated rings. The fourth-order valence-corrected chi connectivity index (χ4v) is 1.96. The van der Waals surface area contributed by atoms with Crippen LogP contribution >= 0.6 is 0 Å². The molecule has 1 N–H and O–H groups in total. The average Bonchev–Trinajstić information content (AvgIpc) is 2.15. The summed E-state index contributed by atoms with van der Waals surface area (Å²) < 4.78 is 27.5. The zero-order valence-corrected chi connectivity index (χ0v) is 9.04. The van der Waals surface area contributed by atoms with E-state index in [1.165, 1.54) is 19.2 Å². The molecule has 6 heteroatoms. The van der Waals surface area contributed by atoms with E-state index in [1.807, 2.05) is 0 Å². The van der Waals surface area contributed by atoms with E-state index in [1.54, 1.807) is 0 Å². The third-order valence-corrected chi connectivity index (χ3v) is 2.93. The molecule has 0 unspecified atom stereocenters. The first-order chi connectivity index (χ1) is 6.86. The number of carboxylic acids is 1. The van der Waals surface area contributed by atoms with Gasteiger partial charge >= 0.3 is 5.97 Å². The van der Waals surface area contributed by atoms with E-state index < -0.39 is 15.8 Å². The summed E-state index contributed by atoms with van der Waals surface area (Å²) in [5.74, 6) is -1.04. The van der Waals surface area contributed by atoms with E-state index in [9.17, 15) is 13.2 Å². The van der Waals surface area contributed by atoms with Crippen LogP contribution in [0.25, 0.3) is 0 Å². The Labute approximate surface area is 87.2 Å². The Morgan fingerprint density at radius 1 is 1.40 bits per heavy atom. The highest BCUT2D eigenvalue weighted by atomic mass is 32.2. The summed E-state index contributed by atoms with van der Waals surface area (Å²) in [6.07, 6.45) is 0.997. The first-order valence-corrected chi connectivity index (χ1v) is 5.87. The van der Waals surface area contributed by atoms with Gasteiger partial charge in [-0.3, -0.25) is 0 Å². The molecule has 5 nitrogen and oxygen atoms in total. The number of methoxy groups -OCH3 is 1. The Kier molecular flexibility index (Phi) is 2.99. The van der Waals surface area contributed by atoms with Crippen LogP contribution < -0.4 is 4.74 Å². The summed E-state index contributed by atoms with van der Waals surface area (Å²) in [5, 5.41) is 8.70. The maximum atomic E-state index is 11.3. The number of sulfone groups is 1. The van der Waals surface area contributed by atoms with Crippen molar-refractivity contribution < 1.29 is 23.1 Å². The van der Waals surface area contributed by atoms with Gasteiger partial charge in [0.2, 0.25) is 0 Å². The van der Waals surface area contributed by atoms with Crippen LogP contribution in [0.15, 0.2) is 23.1 Å². The Hall–Kier alpha value is -1.56. The van der Waals surface area contributed by atoms with Gasteiger partial charge in [0, 0.05) is 6.26 Å². The molecule has 0 amide bonds. The lowest BCUT2D eigenvalue weighted by Gasteiger charge is -2.07. The van der Waals surface area contributed by atoms with Crippen molar-refractivity contribution >= 4 is 15.8 Å². The third-order valence-electron chi connectivity index (χ3n) is 1.81. The van der Waals surface area contributed by atoms with Crippen molar-refractivity contribution in [2.75, 3.05) is 13.4 Å². The minimum absolute atomic E-state index is 0.0868. The second-order valence-corrected chi connectivity index (χ2v) is 4.93. The van der Waals surface area contributed by atoms with Crippen LogP contribution in [0.5, 0.6) is 5.75 Å². The van der Waals surface area contributed by atoms with E-state index in [-0.39, 0.29) is 16.2 Å². The van der Waals surface area contributed by atoms with Gasteiger partial charge in [-0.05, 0) is 18.2 Å². The Bertz CT molecular complexity index is 489. The Morgan fingerprint density at radius 2 is 2.00 bits per heavy atom. The highest BCUT2D eigenvalue weighted by molar-refractivity contribution is 7.90. The third kappa shape index (κ3) is 2.47. The molecule has 1 rings (SSSR count). The monoisotopic (exact) mass is 230 g/mol. The summed E-state index contributed by atoms with van der Waals surface area (Å²) in [6, 6.07) is 3.69. The molecule has 1 aromatic carbocycles. The van der Waals surface area contributed by atoms with Crippen LogP contribution in [-0.2, 0) is 9.84 Å². The molecule has 82 valence electrons. The first-order valence-electron chi connectivity index (χ1n) is 3.97. The lowest BCUT2D eigenvalue weighted by molar-refractivity contribution is 0.0696. The summed E-state index contributed by atoms with van der Waals surface area (Å²) in [4.78, 5) is 10.5. The largest absolute Gasteiger partial charge is 0.495 e. The van der Waals surface area contributed by atoms with Gasteiger partial charge in [-0.15, -0.1) is 0 Å².